The van der Waals surface area contributed by atoms with Crippen LogP contribution in [0, 0.1) is 0 Å². The van der Waals surface area contributed by atoms with Crippen LogP contribution in [-0.2, 0) is 0 Å². The Labute approximate surface area is 90.8 Å². The molecule has 1 rings (SSSR count). The molecule has 72 valence electrons. The summed E-state index contributed by atoms with van der Waals surface area (Å²) in [4.78, 5) is 0. The van der Waals surface area contributed by atoms with E-state index in [-0.39, 0.29) is 0 Å². The largest absolute Gasteiger partial charge is 0.388 e. The number of benzene rings is 1. The zero-order chi connectivity index (χ0) is 9.84. The summed E-state index contributed by atoms with van der Waals surface area (Å²) in [7, 11) is 0. The molecular formula is C9H11BrClNO. The van der Waals surface area contributed by atoms with Gasteiger partial charge in [0.1, 0.15) is 0 Å². The van der Waals surface area contributed by atoms with Gasteiger partial charge in [-0.15, -0.1) is 0 Å². The number of rotatable bonds is 3. The first kappa shape index (κ1) is 11.0. The molecular weight excluding hydrogens is 253 g/mol. The highest BCUT2D eigenvalue weighted by atomic mass is 79.9. The van der Waals surface area contributed by atoms with E-state index in [1.165, 1.54) is 0 Å². The lowest BCUT2D eigenvalue weighted by molar-refractivity contribution is 0.170. The van der Waals surface area contributed by atoms with Crippen molar-refractivity contribution in [3.05, 3.63) is 33.3 Å². The lowest BCUT2D eigenvalue weighted by atomic mass is 10.1. The second-order valence-electron chi connectivity index (χ2n) is 2.76. The number of halogens is 2. The zero-order valence-electron chi connectivity index (χ0n) is 7.00. The average Bonchev–Trinajstić information content (AvgIpc) is 2.09. The minimum absolute atomic E-state index is 0.448. The maximum atomic E-state index is 9.64. The van der Waals surface area contributed by atoms with Crippen LogP contribution in [0.25, 0.3) is 0 Å². The zero-order valence-corrected chi connectivity index (χ0v) is 9.35. The molecule has 0 unspecified atom stereocenters. The van der Waals surface area contributed by atoms with Gasteiger partial charge in [-0.1, -0.05) is 27.5 Å². The molecule has 4 heteroatoms. The Morgan fingerprint density at radius 2 is 2.23 bits per heavy atom. The summed E-state index contributed by atoms with van der Waals surface area (Å²) < 4.78 is 0.906. The second kappa shape index (κ2) is 4.96. The number of nitrogens with two attached hydrogens (primary N) is 1. The van der Waals surface area contributed by atoms with Crippen LogP contribution < -0.4 is 5.73 Å². The molecule has 1 atom stereocenters. The fourth-order valence-electron chi connectivity index (χ4n) is 1.08. The van der Waals surface area contributed by atoms with Crippen LogP contribution in [0.2, 0.25) is 5.02 Å². The van der Waals surface area contributed by atoms with E-state index in [1.54, 1.807) is 6.07 Å². The van der Waals surface area contributed by atoms with Gasteiger partial charge < -0.3 is 10.8 Å². The van der Waals surface area contributed by atoms with Gasteiger partial charge in [0.2, 0.25) is 0 Å². The van der Waals surface area contributed by atoms with E-state index in [4.69, 9.17) is 17.3 Å². The minimum Gasteiger partial charge on any atom is -0.388 e. The monoisotopic (exact) mass is 263 g/mol. The van der Waals surface area contributed by atoms with Gasteiger partial charge in [-0.25, -0.2) is 0 Å². The predicted molar refractivity (Wildman–Crippen MR) is 57.8 cm³/mol. The highest BCUT2D eigenvalue weighted by Gasteiger charge is 2.10. The van der Waals surface area contributed by atoms with Crippen LogP contribution in [0.3, 0.4) is 0 Å². The van der Waals surface area contributed by atoms with Gasteiger partial charge in [-0.3, -0.25) is 0 Å². The summed E-state index contributed by atoms with van der Waals surface area (Å²) in [6.45, 7) is 0.448. The smallest absolute Gasteiger partial charge is 0.0816 e. The van der Waals surface area contributed by atoms with E-state index < -0.39 is 6.10 Å². The lowest BCUT2D eigenvalue weighted by Gasteiger charge is -2.11. The Balaban J connectivity index is 2.91. The van der Waals surface area contributed by atoms with Crippen LogP contribution in [-0.4, -0.2) is 11.7 Å². The first-order chi connectivity index (χ1) is 6.15. The molecule has 13 heavy (non-hydrogen) atoms. The molecule has 0 aromatic heterocycles. The van der Waals surface area contributed by atoms with Crippen molar-refractivity contribution >= 4 is 27.5 Å². The average molecular weight is 265 g/mol. The van der Waals surface area contributed by atoms with Gasteiger partial charge in [0.25, 0.3) is 0 Å². The summed E-state index contributed by atoms with van der Waals surface area (Å²) in [6, 6.07) is 5.39. The molecule has 3 N–H and O–H groups in total. The van der Waals surface area contributed by atoms with Gasteiger partial charge in [0.15, 0.2) is 0 Å². The van der Waals surface area contributed by atoms with Crippen molar-refractivity contribution in [1.29, 1.82) is 0 Å². The second-order valence-corrected chi connectivity index (χ2v) is 4.08. The standard InChI is InChI=1S/C9H11BrClNO/c10-6-1-2-8(11)7(5-6)9(13)3-4-12/h1-2,5,9,13H,3-4,12H2/t9-/m0/s1. The van der Waals surface area contributed by atoms with E-state index in [9.17, 15) is 5.11 Å². The third-order valence-electron chi connectivity index (χ3n) is 1.76. The van der Waals surface area contributed by atoms with Gasteiger partial charge in [0.05, 0.1) is 6.10 Å². The molecule has 1 aromatic carbocycles. The van der Waals surface area contributed by atoms with E-state index in [1.807, 2.05) is 12.1 Å². The Morgan fingerprint density at radius 1 is 1.54 bits per heavy atom. The molecule has 0 radical (unpaired) electrons. The van der Waals surface area contributed by atoms with Crippen molar-refractivity contribution in [3.63, 3.8) is 0 Å². The highest BCUT2D eigenvalue weighted by molar-refractivity contribution is 9.10. The summed E-state index contributed by atoms with van der Waals surface area (Å²) in [5.74, 6) is 0. The van der Waals surface area contributed by atoms with Crippen molar-refractivity contribution in [1.82, 2.24) is 0 Å². The van der Waals surface area contributed by atoms with Crippen LogP contribution >= 0.6 is 27.5 Å². The number of aliphatic hydroxyl groups excluding tert-OH is 1. The Hall–Kier alpha value is -0.0900. The molecule has 0 fully saturated rings. The topological polar surface area (TPSA) is 46.2 Å². The first-order valence-corrected chi connectivity index (χ1v) is 5.15. The highest BCUT2D eigenvalue weighted by Crippen LogP contribution is 2.27. The van der Waals surface area contributed by atoms with E-state index in [0.29, 0.717) is 18.0 Å². The quantitative estimate of drug-likeness (QED) is 0.881. The van der Waals surface area contributed by atoms with Crippen molar-refractivity contribution in [3.8, 4) is 0 Å². The Morgan fingerprint density at radius 3 is 2.85 bits per heavy atom. The third-order valence-corrected chi connectivity index (χ3v) is 2.59. The maximum Gasteiger partial charge on any atom is 0.0816 e. The minimum atomic E-state index is -0.574. The number of hydrogen-bond acceptors (Lipinski definition) is 2. The third kappa shape index (κ3) is 2.95. The van der Waals surface area contributed by atoms with E-state index in [0.717, 1.165) is 10.0 Å². The normalized spacial score (nSPS) is 12.9. The molecule has 0 heterocycles. The molecule has 0 bridgehead atoms. The predicted octanol–water partition coefficient (Wildman–Crippen LogP) is 2.48. The molecule has 0 aliphatic carbocycles. The van der Waals surface area contributed by atoms with Gasteiger partial charge >= 0.3 is 0 Å². The van der Waals surface area contributed by atoms with Crippen molar-refractivity contribution in [2.24, 2.45) is 5.73 Å². The summed E-state index contributed by atoms with van der Waals surface area (Å²) in [5.41, 5.74) is 6.06. The maximum absolute atomic E-state index is 9.64. The van der Waals surface area contributed by atoms with Gasteiger partial charge in [-0.05, 0) is 31.2 Å². The van der Waals surface area contributed by atoms with Crippen LogP contribution in [0.1, 0.15) is 18.1 Å². The number of aliphatic hydroxyl groups is 1. The van der Waals surface area contributed by atoms with Crippen molar-refractivity contribution in [2.45, 2.75) is 12.5 Å². The van der Waals surface area contributed by atoms with Gasteiger partial charge in [-0.2, -0.15) is 0 Å². The van der Waals surface area contributed by atoms with Crippen molar-refractivity contribution < 1.29 is 5.11 Å². The lowest BCUT2D eigenvalue weighted by Crippen LogP contribution is -2.07. The molecule has 0 aliphatic heterocycles. The SMILES string of the molecule is NCC[C@H](O)c1cc(Br)ccc1Cl. The fraction of sp³-hybridized carbons (Fsp3) is 0.333. The molecule has 0 aliphatic rings. The molecule has 0 saturated carbocycles. The van der Waals surface area contributed by atoms with Crippen LogP contribution in [0.15, 0.2) is 22.7 Å². The van der Waals surface area contributed by atoms with Gasteiger partial charge in [0, 0.05) is 15.1 Å². The first-order valence-electron chi connectivity index (χ1n) is 3.98. The van der Waals surface area contributed by atoms with E-state index >= 15 is 0 Å². The Kier molecular flexibility index (Phi) is 4.19. The van der Waals surface area contributed by atoms with Crippen molar-refractivity contribution in [2.75, 3.05) is 6.54 Å². The Bertz CT molecular complexity index is 293. The molecule has 0 spiro atoms. The van der Waals surface area contributed by atoms with E-state index in [2.05, 4.69) is 15.9 Å². The number of hydrogen-bond donors (Lipinski definition) is 2. The molecule has 1 aromatic rings. The summed E-state index contributed by atoms with van der Waals surface area (Å²) in [5, 5.41) is 10.2. The summed E-state index contributed by atoms with van der Waals surface area (Å²) in [6.07, 6.45) is -0.0501. The molecule has 0 saturated heterocycles. The summed E-state index contributed by atoms with van der Waals surface area (Å²) >= 11 is 9.22. The van der Waals surface area contributed by atoms with Crippen LogP contribution in [0.4, 0.5) is 0 Å². The molecule has 2 nitrogen and oxygen atoms in total. The molecule has 0 amide bonds. The fourth-order valence-corrected chi connectivity index (χ4v) is 1.71. The van der Waals surface area contributed by atoms with Crippen LogP contribution in [0.5, 0.6) is 0 Å².